The number of hydrogen-bond acceptors (Lipinski definition) is 4. The third-order valence-corrected chi connectivity index (χ3v) is 3.15. The average Bonchev–Trinajstić information content (AvgIpc) is 2.68. The highest BCUT2D eigenvalue weighted by Gasteiger charge is 2.29. The Balaban J connectivity index is 2.13. The number of aryl methyl sites for hydroxylation is 2. The van der Waals surface area contributed by atoms with Crippen molar-refractivity contribution in [3.63, 3.8) is 0 Å². The van der Waals surface area contributed by atoms with Gasteiger partial charge in [-0.2, -0.15) is 5.10 Å². The first-order valence-electron chi connectivity index (χ1n) is 6.07. The van der Waals surface area contributed by atoms with E-state index < -0.39 is 0 Å². The molecule has 2 heterocycles. The lowest BCUT2D eigenvalue weighted by Gasteiger charge is -2.35. The van der Waals surface area contributed by atoms with Crippen LogP contribution in [0, 0.1) is 6.92 Å². The quantitative estimate of drug-likeness (QED) is 0.802. The summed E-state index contributed by atoms with van der Waals surface area (Å²) in [6.07, 6.45) is -0.368. The fourth-order valence-electron chi connectivity index (χ4n) is 2.14. The molecule has 1 saturated heterocycles. The zero-order valence-corrected chi connectivity index (χ0v) is 11.0. The van der Waals surface area contributed by atoms with Crippen LogP contribution in [0.5, 0.6) is 0 Å². The molecule has 6 nitrogen and oxygen atoms in total. The molecule has 0 spiro atoms. The van der Waals surface area contributed by atoms with E-state index in [-0.39, 0.29) is 24.7 Å². The van der Waals surface area contributed by atoms with Gasteiger partial charge in [-0.05, 0) is 19.9 Å². The van der Waals surface area contributed by atoms with Crippen LogP contribution in [-0.4, -0.2) is 57.6 Å². The number of amides is 1. The number of aliphatic hydroxyl groups is 1. The van der Waals surface area contributed by atoms with Gasteiger partial charge < -0.3 is 14.7 Å². The van der Waals surface area contributed by atoms with Crippen LogP contribution in [0.1, 0.15) is 23.1 Å². The van der Waals surface area contributed by atoms with E-state index in [1.807, 2.05) is 20.9 Å². The number of carbonyl (C=O) groups excluding carboxylic acids is 1. The Hall–Kier alpha value is -1.40. The van der Waals surface area contributed by atoms with E-state index in [4.69, 9.17) is 9.84 Å². The number of aromatic nitrogens is 2. The molecule has 0 aliphatic carbocycles. The van der Waals surface area contributed by atoms with Crippen molar-refractivity contribution in [3.05, 3.63) is 17.5 Å². The van der Waals surface area contributed by atoms with Crippen LogP contribution in [0.3, 0.4) is 0 Å². The van der Waals surface area contributed by atoms with Crippen LogP contribution >= 0.6 is 0 Å². The maximum absolute atomic E-state index is 12.3. The van der Waals surface area contributed by atoms with Gasteiger partial charge in [0.25, 0.3) is 5.91 Å². The second-order valence-corrected chi connectivity index (χ2v) is 4.76. The van der Waals surface area contributed by atoms with Crippen molar-refractivity contribution in [1.82, 2.24) is 14.7 Å². The Morgan fingerprint density at radius 2 is 2.33 bits per heavy atom. The molecule has 2 unspecified atom stereocenters. The molecule has 0 aromatic carbocycles. The lowest BCUT2D eigenvalue weighted by molar-refractivity contribution is -0.0859. The summed E-state index contributed by atoms with van der Waals surface area (Å²) in [7, 11) is 1.81. The van der Waals surface area contributed by atoms with Gasteiger partial charge >= 0.3 is 0 Å². The van der Waals surface area contributed by atoms with Crippen LogP contribution in [0.4, 0.5) is 0 Å². The van der Waals surface area contributed by atoms with Crippen molar-refractivity contribution in [2.24, 2.45) is 7.05 Å². The molecular formula is C12H19N3O3. The molecule has 2 rings (SSSR count). The predicted molar refractivity (Wildman–Crippen MR) is 65.3 cm³/mol. The molecule has 0 radical (unpaired) electrons. The Bertz CT molecular complexity index is 424. The third-order valence-electron chi connectivity index (χ3n) is 3.15. The van der Waals surface area contributed by atoms with Crippen LogP contribution in [0.2, 0.25) is 0 Å². The first kappa shape index (κ1) is 13.0. The Morgan fingerprint density at radius 3 is 2.89 bits per heavy atom. The summed E-state index contributed by atoms with van der Waals surface area (Å²) in [6.45, 7) is 4.67. The van der Waals surface area contributed by atoms with Gasteiger partial charge in [-0.1, -0.05) is 0 Å². The predicted octanol–water partition coefficient (Wildman–Crippen LogP) is -0.0497. The molecule has 0 bridgehead atoms. The summed E-state index contributed by atoms with van der Waals surface area (Å²) in [5.41, 5.74) is 1.39. The van der Waals surface area contributed by atoms with Crippen molar-refractivity contribution < 1.29 is 14.6 Å². The molecule has 1 aliphatic rings. The summed E-state index contributed by atoms with van der Waals surface area (Å²) in [6, 6.07) is 1.77. The minimum atomic E-state index is -0.303. The molecule has 18 heavy (non-hydrogen) atoms. The molecule has 6 heteroatoms. The van der Waals surface area contributed by atoms with Gasteiger partial charge in [0, 0.05) is 25.8 Å². The zero-order chi connectivity index (χ0) is 13.3. The van der Waals surface area contributed by atoms with E-state index >= 15 is 0 Å². The van der Waals surface area contributed by atoms with Crippen molar-refractivity contribution in [3.8, 4) is 0 Å². The van der Waals surface area contributed by atoms with E-state index in [0.29, 0.717) is 18.8 Å². The number of ether oxygens (including phenoxy) is 1. The number of hydrogen-bond donors (Lipinski definition) is 1. The highest BCUT2D eigenvalue weighted by atomic mass is 16.5. The number of rotatable bonds is 2. The van der Waals surface area contributed by atoms with Gasteiger partial charge in [0.15, 0.2) is 5.69 Å². The summed E-state index contributed by atoms with van der Waals surface area (Å²) in [5.74, 6) is -0.104. The first-order valence-corrected chi connectivity index (χ1v) is 6.07. The zero-order valence-electron chi connectivity index (χ0n) is 11.0. The van der Waals surface area contributed by atoms with Crippen LogP contribution in [0.25, 0.3) is 0 Å². The van der Waals surface area contributed by atoms with E-state index in [2.05, 4.69) is 5.10 Å². The third kappa shape index (κ3) is 2.54. The highest BCUT2D eigenvalue weighted by Crippen LogP contribution is 2.14. The Kier molecular flexibility index (Phi) is 3.68. The largest absolute Gasteiger partial charge is 0.394 e. The molecule has 1 aromatic heterocycles. The monoisotopic (exact) mass is 253 g/mol. The molecule has 1 fully saturated rings. The summed E-state index contributed by atoms with van der Waals surface area (Å²) < 4.78 is 7.19. The van der Waals surface area contributed by atoms with E-state index in [0.717, 1.165) is 5.69 Å². The second kappa shape index (κ2) is 5.07. The van der Waals surface area contributed by atoms with Gasteiger partial charge in [0.2, 0.25) is 0 Å². The number of aliphatic hydroxyl groups excluding tert-OH is 1. The smallest absolute Gasteiger partial charge is 0.274 e. The van der Waals surface area contributed by atoms with Gasteiger partial charge in [-0.3, -0.25) is 9.48 Å². The van der Waals surface area contributed by atoms with E-state index in [1.165, 1.54) is 0 Å². The number of morpholine rings is 1. The van der Waals surface area contributed by atoms with Gasteiger partial charge in [0.05, 0.1) is 18.8 Å². The summed E-state index contributed by atoms with van der Waals surface area (Å²) in [4.78, 5) is 14.0. The van der Waals surface area contributed by atoms with Crippen molar-refractivity contribution in [2.75, 3.05) is 19.7 Å². The molecule has 2 atom stereocenters. The van der Waals surface area contributed by atoms with Crippen molar-refractivity contribution in [2.45, 2.75) is 26.1 Å². The fraction of sp³-hybridized carbons (Fsp3) is 0.667. The molecule has 1 amide bonds. The average molecular weight is 253 g/mol. The standard InChI is InChI=1S/C12H19N3O3/c1-8-4-11(13-14(8)3)12(17)15-5-9(2)18-10(6-15)7-16/h4,9-10,16H,5-7H2,1-3H3. The summed E-state index contributed by atoms with van der Waals surface area (Å²) >= 11 is 0. The number of nitrogens with zero attached hydrogens (tertiary/aromatic N) is 3. The number of carbonyl (C=O) groups is 1. The molecule has 1 aromatic rings. The molecule has 1 N–H and O–H groups in total. The van der Waals surface area contributed by atoms with Crippen LogP contribution in [0.15, 0.2) is 6.07 Å². The first-order chi connectivity index (χ1) is 8.51. The highest BCUT2D eigenvalue weighted by molar-refractivity contribution is 5.92. The SMILES string of the molecule is Cc1cc(C(=O)N2CC(C)OC(CO)C2)nn1C. The van der Waals surface area contributed by atoms with Gasteiger partial charge in [-0.15, -0.1) is 0 Å². The molecule has 100 valence electrons. The second-order valence-electron chi connectivity index (χ2n) is 4.76. The maximum atomic E-state index is 12.3. The van der Waals surface area contributed by atoms with Gasteiger partial charge in [-0.25, -0.2) is 0 Å². The molecule has 1 aliphatic heterocycles. The van der Waals surface area contributed by atoms with E-state index in [1.54, 1.807) is 15.6 Å². The Labute approximate surface area is 106 Å². The Morgan fingerprint density at radius 1 is 1.61 bits per heavy atom. The molecule has 0 saturated carbocycles. The summed E-state index contributed by atoms with van der Waals surface area (Å²) in [5, 5.41) is 13.3. The maximum Gasteiger partial charge on any atom is 0.274 e. The van der Waals surface area contributed by atoms with Crippen molar-refractivity contribution in [1.29, 1.82) is 0 Å². The van der Waals surface area contributed by atoms with E-state index in [9.17, 15) is 4.79 Å². The molecular weight excluding hydrogens is 234 g/mol. The lowest BCUT2D eigenvalue weighted by atomic mass is 10.2. The topological polar surface area (TPSA) is 67.6 Å². The minimum Gasteiger partial charge on any atom is -0.394 e. The van der Waals surface area contributed by atoms with Crippen LogP contribution < -0.4 is 0 Å². The fourth-order valence-corrected chi connectivity index (χ4v) is 2.14. The van der Waals surface area contributed by atoms with Crippen LogP contribution in [-0.2, 0) is 11.8 Å². The normalized spacial score (nSPS) is 24.3. The van der Waals surface area contributed by atoms with Crippen molar-refractivity contribution >= 4 is 5.91 Å². The minimum absolute atomic E-state index is 0.0651. The lowest BCUT2D eigenvalue weighted by Crippen LogP contribution is -2.50. The van der Waals surface area contributed by atoms with Gasteiger partial charge in [0.1, 0.15) is 0 Å².